The van der Waals surface area contributed by atoms with Crippen molar-refractivity contribution in [2.24, 2.45) is 0 Å². The average Bonchev–Trinajstić information content (AvgIpc) is 2.92. The zero-order valence-corrected chi connectivity index (χ0v) is 13.3. The van der Waals surface area contributed by atoms with Gasteiger partial charge in [0.1, 0.15) is 25.2 Å². The molecule has 2 rings (SSSR count). The summed E-state index contributed by atoms with van der Waals surface area (Å²) in [5, 5.41) is 10.4. The molecule has 0 unspecified atom stereocenters. The maximum Gasteiger partial charge on any atom is 0.240 e. The van der Waals surface area contributed by atoms with E-state index in [2.05, 4.69) is 15.5 Å². The van der Waals surface area contributed by atoms with Crippen LogP contribution < -0.4 is 10.1 Å². The van der Waals surface area contributed by atoms with Gasteiger partial charge in [-0.05, 0) is 24.6 Å². The van der Waals surface area contributed by atoms with Gasteiger partial charge in [-0.3, -0.25) is 13.6 Å². The number of ether oxygens (including phenoxy) is 1. The van der Waals surface area contributed by atoms with Crippen LogP contribution in [0.15, 0.2) is 35.7 Å². The monoisotopic (exact) mass is 322 g/mol. The second-order valence-electron chi connectivity index (χ2n) is 4.71. The highest BCUT2D eigenvalue weighted by Gasteiger charge is 2.11. The highest BCUT2D eigenvalue weighted by Crippen LogP contribution is 2.11. The molecule has 1 aromatic carbocycles. The van der Waals surface area contributed by atoms with E-state index in [4.69, 9.17) is 4.74 Å². The Labute approximate surface area is 131 Å². The molecule has 0 radical (unpaired) electrons. The van der Waals surface area contributed by atoms with Crippen LogP contribution in [0.4, 0.5) is 0 Å². The van der Waals surface area contributed by atoms with Gasteiger partial charge in [-0.2, -0.15) is 0 Å². The molecule has 0 saturated carbocycles. The fourth-order valence-electron chi connectivity index (χ4n) is 1.85. The molecule has 7 nitrogen and oxygen atoms in total. The van der Waals surface area contributed by atoms with Crippen LogP contribution >= 0.6 is 0 Å². The van der Waals surface area contributed by atoms with E-state index in [1.807, 2.05) is 31.2 Å². The zero-order chi connectivity index (χ0) is 15.9. The van der Waals surface area contributed by atoms with Gasteiger partial charge in [-0.1, -0.05) is 12.1 Å². The SMILES string of the molecule is Cc1cccc(OCCNC(=O)Cn2cnnc2[S@](C)=O)c1. The number of amides is 1. The molecule has 118 valence electrons. The predicted octanol–water partition coefficient (Wildman–Crippen LogP) is 0.519. The van der Waals surface area contributed by atoms with Crippen LogP contribution in [0.25, 0.3) is 0 Å². The largest absolute Gasteiger partial charge is 0.492 e. The smallest absolute Gasteiger partial charge is 0.240 e. The molecule has 0 fully saturated rings. The summed E-state index contributed by atoms with van der Waals surface area (Å²) in [6, 6.07) is 7.71. The van der Waals surface area contributed by atoms with Crippen molar-refractivity contribution in [2.75, 3.05) is 19.4 Å². The Balaban J connectivity index is 1.74. The maximum atomic E-state index is 11.8. The predicted molar refractivity (Wildman–Crippen MR) is 82.0 cm³/mol. The third-order valence-electron chi connectivity index (χ3n) is 2.83. The fourth-order valence-corrected chi connectivity index (χ4v) is 2.45. The average molecular weight is 322 g/mol. The van der Waals surface area contributed by atoms with Gasteiger partial charge in [0.15, 0.2) is 0 Å². The van der Waals surface area contributed by atoms with E-state index in [9.17, 15) is 9.00 Å². The normalized spacial score (nSPS) is 11.9. The first-order valence-electron chi connectivity index (χ1n) is 6.73. The topological polar surface area (TPSA) is 86.1 Å². The minimum absolute atomic E-state index is 0.0341. The van der Waals surface area contributed by atoms with Gasteiger partial charge < -0.3 is 10.1 Å². The number of carbonyl (C=O) groups is 1. The highest BCUT2D eigenvalue weighted by atomic mass is 32.2. The Morgan fingerprint density at radius 1 is 1.45 bits per heavy atom. The number of nitrogens with one attached hydrogen (secondary N) is 1. The van der Waals surface area contributed by atoms with Crippen LogP contribution in [0.1, 0.15) is 5.56 Å². The molecule has 0 aliphatic carbocycles. The first kappa shape index (κ1) is 16.2. The summed E-state index contributed by atoms with van der Waals surface area (Å²) >= 11 is 0. The Morgan fingerprint density at radius 3 is 3.00 bits per heavy atom. The Morgan fingerprint density at radius 2 is 2.27 bits per heavy atom. The minimum atomic E-state index is -1.28. The van der Waals surface area contributed by atoms with Crippen molar-refractivity contribution < 1.29 is 13.7 Å². The second kappa shape index (κ2) is 7.69. The number of rotatable bonds is 7. The zero-order valence-electron chi connectivity index (χ0n) is 12.5. The van der Waals surface area contributed by atoms with Crippen LogP contribution in [0.5, 0.6) is 5.75 Å². The van der Waals surface area contributed by atoms with Crippen LogP contribution in [-0.4, -0.2) is 44.3 Å². The number of benzene rings is 1. The number of carbonyl (C=O) groups excluding carboxylic acids is 1. The lowest BCUT2D eigenvalue weighted by Crippen LogP contribution is -2.31. The number of hydrogen-bond acceptors (Lipinski definition) is 5. The van der Waals surface area contributed by atoms with Crippen molar-refractivity contribution in [3.8, 4) is 5.75 Å². The summed E-state index contributed by atoms with van der Waals surface area (Å²) in [6.45, 7) is 2.79. The van der Waals surface area contributed by atoms with E-state index < -0.39 is 10.8 Å². The summed E-state index contributed by atoms with van der Waals surface area (Å²) in [7, 11) is -1.28. The van der Waals surface area contributed by atoms with Crippen molar-refractivity contribution in [3.05, 3.63) is 36.2 Å². The quantitative estimate of drug-likeness (QED) is 0.751. The van der Waals surface area contributed by atoms with E-state index in [-0.39, 0.29) is 17.6 Å². The third kappa shape index (κ3) is 4.66. The first-order valence-corrected chi connectivity index (χ1v) is 8.29. The molecule has 0 spiro atoms. The Bertz CT molecular complexity index is 672. The van der Waals surface area contributed by atoms with Crippen molar-refractivity contribution in [1.82, 2.24) is 20.1 Å². The van der Waals surface area contributed by atoms with Gasteiger partial charge in [0, 0.05) is 6.26 Å². The molecule has 22 heavy (non-hydrogen) atoms. The molecule has 0 aliphatic rings. The minimum Gasteiger partial charge on any atom is -0.492 e. The van der Waals surface area contributed by atoms with Crippen LogP contribution in [0, 0.1) is 6.92 Å². The number of aromatic nitrogens is 3. The van der Waals surface area contributed by atoms with Crippen LogP contribution in [0.3, 0.4) is 0 Å². The molecule has 8 heteroatoms. The number of hydrogen-bond donors (Lipinski definition) is 1. The summed E-state index contributed by atoms with van der Waals surface area (Å²) in [5.74, 6) is 0.566. The second-order valence-corrected chi connectivity index (χ2v) is 5.98. The molecule has 2 aromatic rings. The van der Waals surface area contributed by atoms with E-state index in [0.29, 0.717) is 13.2 Å². The van der Waals surface area contributed by atoms with E-state index in [0.717, 1.165) is 11.3 Å². The van der Waals surface area contributed by atoms with Gasteiger partial charge in [0.05, 0.1) is 17.3 Å². The summed E-state index contributed by atoms with van der Waals surface area (Å²) < 4.78 is 18.4. The molecular formula is C14H18N4O3S. The molecule has 0 saturated heterocycles. The van der Waals surface area contributed by atoms with Gasteiger partial charge in [-0.15, -0.1) is 10.2 Å². The standard InChI is InChI=1S/C14H18N4O3S/c1-11-4-3-5-12(8-11)21-7-6-15-13(19)9-18-10-16-17-14(18)22(2)20/h3-5,8,10H,6-7,9H2,1-2H3,(H,15,19)/t22-/m0/s1. The molecule has 0 bridgehead atoms. The lowest BCUT2D eigenvalue weighted by atomic mass is 10.2. The first-order chi connectivity index (χ1) is 10.6. The molecule has 1 heterocycles. The third-order valence-corrected chi connectivity index (χ3v) is 3.66. The lowest BCUT2D eigenvalue weighted by molar-refractivity contribution is -0.121. The van der Waals surface area contributed by atoms with Gasteiger partial charge in [0.2, 0.25) is 11.1 Å². The van der Waals surface area contributed by atoms with Crippen molar-refractivity contribution >= 4 is 16.7 Å². The van der Waals surface area contributed by atoms with Crippen LogP contribution in [-0.2, 0) is 22.1 Å². The molecular weight excluding hydrogens is 304 g/mol. The molecule has 1 amide bonds. The molecule has 1 N–H and O–H groups in total. The van der Waals surface area contributed by atoms with E-state index in [1.54, 1.807) is 0 Å². The molecule has 1 aromatic heterocycles. The molecule has 0 aliphatic heterocycles. The van der Waals surface area contributed by atoms with Crippen molar-refractivity contribution in [1.29, 1.82) is 0 Å². The lowest BCUT2D eigenvalue weighted by Gasteiger charge is -2.09. The van der Waals surface area contributed by atoms with Gasteiger partial charge >= 0.3 is 0 Å². The summed E-state index contributed by atoms with van der Waals surface area (Å²) in [6.07, 6.45) is 2.88. The van der Waals surface area contributed by atoms with Crippen molar-refractivity contribution in [3.63, 3.8) is 0 Å². The van der Waals surface area contributed by atoms with Crippen LogP contribution in [0.2, 0.25) is 0 Å². The fraction of sp³-hybridized carbons (Fsp3) is 0.357. The number of aryl methyl sites for hydroxylation is 1. The van der Waals surface area contributed by atoms with E-state index in [1.165, 1.54) is 17.2 Å². The Hall–Kier alpha value is -2.22. The number of nitrogens with zero attached hydrogens (tertiary/aromatic N) is 3. The Kier molecular flexibility index (Phi) is 5.65. The molecule has 1 atom stereocenters. The summed E-state index contributed by atoms with van der Waals surface area (Å²) in [5.41, 5.74) is 1.12. The highest BCUT2D eigenvalue weighted by molar-refractivity contribution is 7.84. The van der Waals surface area contributed by atoms with Gasteiger partial charge in [0.25, 0.3) is 0 Å². The van der Waals surface area contributed by atoms with E-state index >= 15 is 0 Å². The van der Waals surface area contributed by atoms with Crippen molar-refractivity contribution in [2.45, 2.75) is 18.6 Å². The summed E-state index contributed by atoms with van der Waals surface area (Å²) in [4.78, 5) is 11.8. The van der Waals surface area contributed by atoms with Gasteiger partial charge in [-0.25, -0.2) is 0 Å². The maximum absolute atomic E-state index is 11.8.